The number of phenols is 1. The molecular weight excluding hydrogens is 279 g/mol. The van der Waals surface area contributed by atoms with Gasteiger partial charge in [-0.25, -0.2) is 0 Å². The molecule has 5 heteroatoms. The van der Waals surface area contributed by atoms with Crippen LogP contribution in [0.3, 0.4) is 0 Å². The molecule has 1 aliphatic rings. The number of hydrogen-bond donors (Lipinski definition) is 1. The molecule has 1 aliphatic carbocycles. The smallest absolute Gasteiger partial charge is 0.419 e. The van der Waals surface area contributed by atoms with Gasteiger partial charge in [-0.2, -0.15) is 13.2 Å². The van der Waals surface area contributed by atoms with E-state index in [2.05, 4.69) is 4.90 Å². The summed E-state index contributed by atoms with van der Waals surface area (Å²) >= 11 is 0. The summed E-state index contributed by atoms with van der Waals surface area (Å²) in [6.07, 6.45) is 2.60. The Morgan fingerprint density at radius 3 is 2.33 bits per heavy atom. The average Bonchev–Trinajstić information content (AvgIpc) is 2.68. The van der Waals surface area contributed by atoms with Crippen molar-refractivity contribution in [3.05, 3.63) is 29.3 Å². The first kappa shape index (κ1) is 16.1. The highest BCUT2D eigenvalue weighted by Crippen LogP contribution is 2.36. The molecule has 0 aliphatic heterocycles. The highest BCUT2D eigenvalue weighted by atomic mass is 19.4. The molecule has 2 rings (SSSR count). The standard InChI is InChI=1S/C16H22F3NO/c1-20(13-6-4-2-3-5-7-13)11-12-8-9-15(21)14(10-12)16(17,18)19/h8-10,13,21H,2-7,11H2,1H3. The molecule has 118 valence electrons. The summed E-state index contributed by atoms with van der Waals surface area (Å²) in [6, 6.07) is 4.20. The van der Waals surface area contributed by atoms with E-state index in [1.165, 1.54) is 25.7 Å². The van der Waals surface area contributed by atoms with E-state index in [1.807, 2.05) is 7.05 Å². The van der Waals surface area contributed by atoms with Crippen molar-refractivity contribution < 1.29 is 18.3 Å². The van der Waals surface area contributed by atoms with Gasteiger partial charge in [0, 0.05) is 12.6 Å². The minimum Gasteiger partial charge on any atom is -0.507 e. The van der Waals surface area contributed by atoms with Crippen molar-refractivity contribution in [3.63, 3.8) is 0 Å². The molecule has 0 aromatic heterocycles. The molecule has 0 bridgehead atoms. The lowest BCUT2D eigenvalue weighted by Crippen LogP contribution is -2.30. The van der Waals surface area contributed by atoms with Crippen LogP contribution in [0.25, 0.3) is 0 Å². The maximum atomic E-state index is 12.8. The summed E-state index contributed by atoms with van der Waals surface area (Å²) in [5, 5.41) is 9.36. The lowest BCUT2D eigenvalue weighted by Gasteiger charge is -2.27. The number of phenolic OH excluding ortho intramolecular Hbond substituents is 1. The maximum absolute atomic E-state index is 12.8. The van der Waals surface area contributed by atoms with Gasteiger partial charge in [-0.15, -0.1) is 0 Å². The third-order valence-corrected chi connectivity index (χ3v) is 4.25. The largest absolute Gasteiger partial charge is 0.507 e. The van der Waals surface area contributed by atoms with E-state index in [1.54, 1.807) is 6.07 Å². The van der Waals surface area contributed by atoms with Gasteiger partial charge in [-0.3, -0.25) is 4.90 Å². The molecule has 1 aromatic carbocycles. The SMILES string of the molecule is CN(Cc1ccc(O)c(C(F)(F)F)c1)C1CCCCCC1. The van der Waals surface area contributed by atoms with Crippen LogP contribution in [0.2, 0.25) is 0 Å². The topological polar surface area (TPSA) is 23.5 Å². The van der Waals surface area contributed by atoms with Gasteiger partial charge >= 0.3 is 6.18 Å². The molecule has 1 aromatic rings. The quantitative estimate of drug-likeness (QED) is 0.827. The van der Waals surface area contributed by atoms with E-state index in [4.69, 9.17) is 0 Å². The highest BCUT2D eigenvalue weighted by molar-refractivity contribution is 5.38. The third kappa shape index (κ3) is 4.37. The fourth-order valence-electron chi connectivity index (χ4n) is 3.02. The predicted molar refractivity (Wildman–Crippen MR) is 76.1 cm³/mol. The number of benzene rings is 1. The minimum atomic E-state index is -4.51. The van der Waals surface area contributed by atoms with E-state index < -0.39 is 17.5 Å². The van der Waals surface area contributed by atoms with Crippen LogP contribution in [0.1, 0.15) is 49.7 Å². The molecule has 1 saturated carbocycles. The third-order valence-electron chi connectivity index (χ3n) is 4.25. The fraction of sp³-hybridized carbons (Fsp3) is 0.625. The summed E-state index contributed by atoms with van der Waals surface area (Å²) in [5.74, 6) is -0.705. The second-order valence-electron chi connectivity index (χ2n) is 5.91. The van der Waals surface area contributed by atoms with Crippen molar-refractivity contribution in [1.82, 2.24) is 4.90 Å². The van der Waals surface area contributed by atoms with Gasteiger partial charge in [0.1, 0.15) is 5.75 Å². The average molecular weight is 301 g/mol. The van der Waals surface area contributed by atoms with E-state index in [0.717, 1.165) is 25.0 Å². The second kappa shape index (κ2) is 6.69. The Labute approximate surface area is 123 Å². The van der Waals surface area contributed by atoms with E-state index in [0.29, 0.717) is 18.2 Å². The molecule has 1 fully saturated rings. The van der Waals surface area contributed by atoms with E-state index in [9.17, 15) is 18.3 Å². The Hall–Kier alpha value is -1.23. The predicted octanol–water partition coefficient (Wildman–Crippen LogP) is 4.57. The Morgan fingerprint density at radius 1 is 1.14 bits per heavy atom. The van der Waals surface area contributed by atoms with Crippen LogP contribution >= 0.6 is 0 Å². The minimum absolute atomic E-state index is 0.440. The van der Waals surface area contributed by atoms with Crippen LogP contribution in [0, 0.1) is 0 Å². The molecule has 0 saturated heterocycles. The van der Waals surface area contributed by atoms with Crippen molar-refractivity contribution in [1.29, 1.82) is 0 Å². The number of aromatic hydroxyl groups is 1. The Balaban J connectivity index is 2.08. The van der Waals surface area contributed by atoms with E-state index in [-0.39, 0.29) is 0 Å². The van der Waals surface area contributed by atoms with Crippen molar-refractivity contribution in [2.45, 2.75) is 57.3 Å². The fourth-order valence-corrected chi connectivity index (χ4v) is 3.02. The molecule has 21 heavy (non-hydrogen) atoms. The number of alkyl halides is 3. The van der Waals surface area contributed by atoms with Crippen LogP contribution in [0.15, 0.2) is 18.2 Å². The number of rotatable bonds is 3. The summed E-state index contributed by atoms with van der Waals surface area (Å²) in [4.78, 5) is 2.14. The van der Waals surface area contributed by atoms with Gasteiger partial charge < -0.3 is 5.11 Å². The molecule has 1 N–H and O–H groups in total. The normalized spacial score (nSPS) is 18.0. The number of nitrogens with zero attached hydrogens (tertiary/aromatic N) is 1. The molecule has 0 atom stereocenters. The van der Waals surface area contributed by atoms with Crippen molar-refractivity contribution >= 4 is 0 Å². The molecule has 2 nitrogen and oxygen atoms in total. The highest BCUT2D eigenvalue weighted by Gasteiger charge is 2.34. The van der Waals surface area contributed by atoms with Gasteiger partial charge in [0.2, 0.25) is 0 Å². The Morgan fingerprint density at radius 2 is 1.76 bits per heavy atom. The lowest BCUT2D eigenvalue weighted by atomic mass is 10.1. The van der Waals surface area contributed by atoms with E-state index >= 15 is 0 Å². The number of halogens is 3. The lowest BCUT2D eigenvalue weighted by molar-refractivity contribution is -0.138. The van der Waals surface area contributed by atoms with Gasteiger partial charge in [0.25, 0.3) is 0 Å². The van der Waals surface area contributed by atoms with Crippen molar-refractivity contribution in [3.8, 4) is 5.75 Å². The molecule has 0 amide bonds. The van der Waals surface area contributed by atoms with Crippen LogP contribution < -0.4 is 0 Å². The van der Waals surface area contributed by atoms with Crippen LogP contribution in [0.4, 0.5) is 13.2 Å². The first-order valence-corrected chi connectivity index (χ1v) is 7.47. The van der Waals surface area contributed by atoms with Crippen molar-refractivity contribution in [2.24, 2.45) is 0 Å². The van der Waals surface area contributed by atoms with Crippen molar-refractivity contribution in [2.75, 3.05) is 7.05 Å². The molecular formula is C16H22F3NO. The zero-order chi connectivity index (χ0) is 15.5. The van der Waals surface area contributed by atoms with Gasteiger partial charge in [-0.1, -0.05) is 31.7 Å². The first-order valence-electron chi connectivity index (χ1n) is 7.47. The first-order chi connectivity index (χ1) is 9.88. The summed E-state index contributed by atoms with van der Waals surface area (Å²) < 4.78 is 38.4. The Kier molecular flexibility index (Phi) is 5.14. The monoisotopic (exact) mass is 301 g/mol. The van der Waals surface area contributed by atoms with Crippen LogP contribution in [-0.4, -0.2) is 23.1 Å². The zero-order valence-corrected chi connectivity index (χ0v) is 12.3. The summed E-state index contributed by atoms with van der Waals surface area (Å²) in [7, 11) is 1.97. The van der Waals surface area contributed by atoms with Crippen LogP contribution in [0.5, 0.6) is 5.75 Å². The summed E-state index contributed by atoms with van der Waals surface area (Å²) in [5.41, 5.74) is -0.360. The van der Waals surface area contributed by atoms with Gasteiger partial charge in [0.05, 0.1) is 5.56 Å². The zero-order valence-electron chi connectivity index (χ0n) is 12.3. The van der Waals surface area contributed by atoms with Gasteiger partial charge in [0.15, 0.2) is 0 Å². The number of hydrogen-bond acceptors (Lipinski definition) is 2. The molecule has 0 heterocycles. The molecule has 0 radical (unpaired) electrons. The molecule has 0 spiro atoms. The summed E-state index contributed by atoms with van der Waals surface area (Å²) in [6.45, 7) is 0.480. The van der Waals surface area contributed by atoms with Crippen LogP contribution in [-0.2, 0) is 12.7 Å². The Bertz CT molecular complexity index is 465. The second-order valence-corrected chi connectivity index (χ2v) is 5.91. The molecule has 0 unspecified atom stereocenters. The maximum Gasteiger partial charge on any atom is 0.419 e. The van der Waals surface area contributed by atoms with Gasteiger partial charge in [-0.05, 0) is 37.6 Å².